The van der Waals surface area contributed by atoms with Gasteiger partial charge in [0.2, 0.25) is 0 Å². The Morgan fingerprint density at radius 3 is 2.83 bits per heavy atom. The van der Waals surface area contributed by atoms with E-state index in [-0.39, 0.29) is 24.0 Å². The summed E-state index contributed by atoms with van der Waals surface area (Å²) in [5.41, 5.74) is 2.29. The summed E-state index contributed by atoms with van der Waals surface area (Å²) in [6.07, 6.45) is 2.22. The molecule has 0 saturated carbocycles. The van der Waals surface area contributed by atoms with E-state index in [9.17, 15) is 0 Å². The summed E-state index contributed by atoms with van der Waals surface area (Å²) in [4.78, 5) is 14.6. The highest BCUT2D eigenvalue weighted by molar-refractivity contribution is 14.0. The third-order valence-corrected chi connectivity index (χ3v) is 6.01. The number of hydrogen-bond acceptors (Lipinski definition) is 4. The average molecular weight is 526 g/mol. The summed E-state index contributed by atoms with van der Waals surface area (Å²) in [5.74, 6) is 2.14. The van der Waals surface area contributed by atoms with Crippen molar-refractivity contribution in [2.75, 3.05) is 52.5 Å². The first-order chi connectivity index (χ1) is 14.3. The van der Waals surface area contributed by atoms with Gasteiger partial charge in [-0.15, -0.1) is 24.0 Å². The number of likely N-dealkylation sites (tertiary alicyclic amines) is 1. The third kappa shape index (κ3) is 5.45. The highest BCUT2D eigenvalue weighted by Crippen LogP contribution is 2.18. The van der Waals surface area contributed by atoms with E-state index in [2.05, 4.69) is 56.7 Å². The van der Waals surface area contributed by atoms with Crippen LogP contribution in [0.25, 0.3) is 11.0 Å². The van der Waals surface area contributed by atoms with Crippen LogP contribution in [-0.2, 0) is 11.3 Å². The van der Waals surface area contributed by atoms with Gasteiger partial charge in [-0.1, -0.05) is 12.1 Å². The first-order valence-electron chi connectivity index (χ1n) is 11.0. The van der Waals surface area contributed by atoms with Crippen LogP contribution in [0.1, 0.15) is 25.6 Å². The zero-order chi connectivity index (χ0) is 20.1. The van der Waals surface area contributed by atoms with Crippen molar-refractivity contribution in [3.8, 4) is 0 Å². The van der Waals surface area contributed by atoms with Gasteiger partial charge in [0.25, 0.3) is 0 Å². The number of aromatic nitrogens is 2. The molecule has 1 N–H and O–H groups in total. The minimum atomic E-state index is 0. The second kappa shape index (κ2) is 11.3. The van der Waals surface area contributed by atoms with Crippen LogP contribution in [-0.4, -0.2) is 83.8 Å². The highest BCUT2D eigenvalue weighted by Gasteiger charge is 2.30. The molecule has 7 nitrogen and oxygen atoms in total. The Kier molecular flexibility index (Phi) is 8.76. The molecule has 2 aromatic rings. The van der Waals surface area contributed by atoms with E-state index in [0.29, 0.717) is 6.04 Å². The Morgan fingerprint density at radius 1 is 1.23 bits per heavy atom. The van der Waals surface area contributed by atoms with Crippen molar-refractivity contribution in [1.29, 1.82) is 0 Å². The second-order valence-electron chi connectivity index (χ2n) is 7.93. The Hall–Kier alpha value is -1.39. The summed E-state index contributed by atoms with van der Waals surface area (Å²) >= 11 is 0. The predicted octanol–water partition coefficient (Wildman–Crippen LogP) is 2.72. The van der Waals surface area contributed by atoms with Gasteiger partial charge < -0.3 is 19.5 Å². The quantitative estimate of drug-likeness (QED) is 0.272. The van der Waals surface area contributed by atoms with Crippen molar-refractivity contribution in [2.45, 2.75) is 39.3 Å². The molecule has 2 aliphatic rings. The number of nitrogens with one attached hydrogen (secondary N) is 1. The second-order valence-corrected chi connectivity index (χ2v) is 7.93. The number of halogens is 1. The molecule has 30 heavy (non-hydrogen) atoms. The van der Waals surface area contributed by atoms with E-state index < -0.39 is 0 Å². The van der Waals surface area contributed by atoms with Gasteiger partial charge in [0.05, 0.1) is 24.2 Å². The molecule has 166 valence electrons. The Labute approximate surface area is 196 Å². The first-order valence-corrected chi connectivity index (χ1v) is 11.0. The van der Waals surface area contributed by atoms with Crippen molar-refractivity contribution in [1.82, 2.24) is 24.7 Å². The first kappa shape index (κ1) is 23.3. The number of imidazole rings is 1. The summed E-state index contributed by atoms with van der Waals surface area (Å²) in [7, 11) is 0. The van der Waals surface area contributed by atoms with Gasteiger partial charge in [0.15, 0.2) is 5.96 Å². The molecule has 0 spiro atoms. The number of hydrogen-bond donors (Lipinski definition) is 1. The van der Waals surface area contributed by atoms with Crippen LogP contribution in [0.2, 0.25) is 0 Å². The smallest absolute Gasteiger partial charge is 0.193 e. The van der Waals surface area contributed by atoms with E-state index in [4.69, 9.17) is 9.73 Å². The van der Waals surface area contributed by atoms with Gasteiger partial charge in [-0.25, -0.2) is 4.98 Å². The van der Waals surface area contributed by atoms with Crippen molar-refractivity contribution in [3.05, 3.63) is 30.1 Å². The summed E-state index contributed by atoms with van der Waals surface area (Å²) in [6.45, 7) is 12.9. The molecule has 0 aliphatic carbocycles. The molecule has 0 amide bonds. The molecule has 3 heterocycles. The number of aliphatic imine (C=N–C) groups is 1. The van der Waals surface area contributed by atoms with Crippen molar-refractivity contribution >= 4 is 41.0 Å². The highest BCUT2D eigenvalue weighted by atomic mass is 127. The molecule has 1 unspecified atom stereocenters. The largest absolute Gasteiger partial charge is 0.379 e. The van der Waals surface area contributed by atoms with Crippen molar-refractivity contribution < 1.29 is 4.74 Å². The number of aryl methyl sites for hydroxylation is 2. The Bertz CT molecular complexity index is 832. The van der Waals surface area contributed by atoms with Crippen molar-refractivity contribution in [3.63, 3.8) is 0 Å². The van der Waals surface area contributed by atoms with Crippen LogP contribution in [0, 0.1) is 6.92 Å². The molecule has 2 fully saturated rings. The fourth-order valence-corrected chi connectivity index (χ4v) is 4.49. The van der Waals surface area contributed by atoms with Gasteiger partial charge in [0, 0.05) is 51.9 Å². The topological polar surface area (TPSA) is 57.9 Å². The lowest BCUT2D eigenvalue weighted by Crippen LogP contribution is -2.46. The third-order valence-electron chi connectivity index (χ3n) is 6.01. The van der Waals surface area contributed by atoms with E-state index in [1.54, 1.807) is 0 Å². The SMILES string of the molecule is CCNC(=NCCCn1c(C)nc2ccccc21)N1CCC(N2CCOCC2)C1.I. The number of morpholine rings is 1. The lowest BCUT2D eigenvalue weighted by atomic mass is 10.2. The molecule has 0 bridgehead atoms. The molecular formula is C22H35IN6O. The number of para-hydroxylation sites is 2. The fraction of sp³-hybridized carbons (Fsp3) is 0.636. The number of rotatable bonds is 6. The monoisotopic (exact) mass is 526 g/mol. The predicted molar refractivity (Wildman–Crippen MR) is 133 cm³/mol. The zero-order valence-electron chi connectivity index (χ0n) is 18.2. The lowest BCUT2D eigenvalue weighted by molar-refractivity contribution is 0.0195. The number of nitrogens with zero attached hydrogens (tertiary/aromatic N) is 5. The van der Waals surface area contributed by atoms with Crippen LogP contribution < -0.4 is 5.32 Å². The standard InChI is InChI=1S/C22H34N6O.HI/c1-3-23-22(27-12-9-19(17-27)26-13-15-29-16-14-26)24-10-6-11-28-18(2)25-20-7-4-5-8-21(20)28;/h4-5,7-8,19H,3,6,9-17H2,1-2H3,(H,23,24);1H. The lowest BCUT2D eigenvalue weighted by Gasteiger charge is -2.32. The molecular weight excluding hydrogens is 491 g/mol. The average Bonchev–Trinajstić information content (AvgIpc) is 3.36. The number of ether oxygens (including phenoxy) is 1. The maximum Gasteiger partial charge on any atom is 0.193 e. The van der Waals surface area contributed by atoms with Gasteiger partial charge >= 0.3 is 0 Å². The molecule has 2 saturated heterocycles. The fourth-order valence-electron chi connectivity index (χ4n) is 4.49. The van der Waals surface area contributed by atoms with E-state index in [1.807, 2.05) is 6.07 Å². The summed E-state index contributed by atoms with van der Waals surface area (Å²) < 4.78 is 7.81. The minimum Gasteiger partial charge on any atom is -0.379 e. The summed E-state index contributed by atoms with van der Waals surface area (Å²) in [6, 6.07) is 8.99. The van der Waals surface area contributed by atoms with Gasteiger partial charge in [-0.3, -0.25) is 9.89 Å². The van der Waals surface area contributed by atoms with Crippen molar-refractivity contribution in [2.24, 2.45) is 4.99 Å². The van der Waals surface area contributed by atoms with Gasteiger partial charge in [-0.05, 0) is 38.8 Å². The zero-order valence-corrected chi connectivity index (χ0v) is 20.5. The molecule has 1 atom stereocenters. The number of fused-ring (bicyclic) bond motifs is 1. The normalized spacial score (nSPS) is 20.5. The van der Waals surface area contributed by atoms with Crippen LogP contribution in [0.4, 0.5) is 0 Å². The maximum absolute atomic E-state index is 5.51. The summed E-state index contributed by atoms with van der Waals surface area (Å²) in [5, 5.41) is 3.50. The molecule has 1 aromatic heterocycles. The minimum absolute atomic E-state index is 0. The number of guanidine groups is 1. The van der Waals surface area contributed by atoms with E-state index in [1.165, 1.54) is 11.9 Å². The van der Waals surface area contributed by atoms with Crippen LogP contribution in [0.5, 0.6) is 0 Å². The molecule has 1 aromatic carbocycles. The molecule has 0 radical (unpaired) electrons. The van der Waals surface area contributed by atoms with Gasteiger partial charge in [-0.2, -0.15) is 0 Å². The van der Waals surface area contributed by atoms with Crippen LogP contribution >= 0.6 is 24.0 Å². The molecule has 4 rings (SSSR count). The van der Waals surface area contributed by atoms with Crippen LogP contribution in [0.3, 0.4) is 0 Å². The molecule has 8 heteroatoms. The molecule has 2 aliphatic heterocycles. The Balaban J connectivity index is 0.00000256. The number of benzene rings is 1. The van der Waals surface area contributed by atoms with E-state index >= 15 is 0 Å². The van der Waals surface area contributed by atoms with E-state index in [0.717, 1.165) is 82.7 Å². The maximum atomic E-state index is 5.51. The van der Waals surface area contributed by atoms with Gasteiger partial charge in [0.1, 0.15) is 5.82 Å². The Morgan fingerprint density at radius 2 is 2.03 bits per heavy atom. The van der Waals surface area contributed by atoms with Crippen LogP contribution in [0.15, 0.2) is 29.3 Å².